The third-order valence-electron chi connectivity index (χ3n) is 3.93. The molecule has 0 fully saturated rings. The number of aryl methyl sites for hydroxylation is 1. The number of esters is 1. The third-order valence-corrected chi connectivity index (χ3v) is 3.93. The summed E-state index contributed by atoms with van der Waals surface area (Å²) in [5, 5.41) is 2.65. The summed E-state index contributed by atoms with van der Waals surface area (Å²) in [7, 11) is 2.98. The van der Waals surface area contributed by atoms with Gasteiger partial charge in [-0.1, -0.05) is 19.1 Å². The van der Waals surface area contributed by atoms with Gasteiger partial charge in [0.05, 0.1) is 7.11 Å². The van der Waals surface area contributed by atoms with E-state index in [0.29, 0.717) is 23.7 Å². The van der Waals surface area contributed by atoms with Gasteiger partial charge in [-0.15, -0.1) is 0 Å². The first-order chi connectivity index (χ1) is 12.0. The average molecular weight is 345 g/mol. The minimum absolute atomic E-state index is 0.0733. The average Bonchev–Trinajstić information content (AvgIpc) is 2.95. The van der Waals surface area contributed by atoms with Crippen LogP contribution in [-0.4, -0.2) is 41.2 Å². The van der Waals surface area contributed by atoms with Crippen molar-refractivity contribution in [2.45, 2.75) is 19.4 Å². The van der Waals surface area contributed by atoms with Crippen molar-refractivity contribution < 1.29 is 23.8 Å². The van der Waals surface area contributed by atoms with E-state index in [4.69, 9.17) is 14.2 Å². The number of hydrogen-bond donors (Lipinski definition) is 1. The first kappa shape index (κ1) is 16.8. The zero-order valence-corrected chi connectivity index (χ0v) is 14.2. The molecule has 0 aliphatic carbocycles. The number of aromatic nitrogens is 2. The van der Waals surface area contributed by atoms with Crippen LogP contribution >= 0.6 is 0 Å². The van der Waals surface area contributed by atoms with Crippen molar-refractivity contribution in [3.63, 3.8) is 0 Å². The summed E-state index contributed by atoms with van der Waals surface area (Å²) in [6.07, 6.45) is -0.236. The molecule has 0 radical (unpaired) electrons. The Morgan fingerprint density at radius 1 is 1.36 bits per heavy atom. The number of benzene rings is 1. The summed E-state index contributed by atoms with van der Waals surface area (Å²) in [6.45, 7) is 1.98. The Balaban J connectivity index is 1.81. The maximum atomic E-state index is 12.5. The van der Waals surface area contributed by atoms with Crippen molar-refractivity contribution in [1.29, 1.82) is 0 Å². The summed E-state index contributed by atoms with van der Waals surface area (Å²) in [5.41, 5.74) is 0.185. The van der Waals surface area contributed by atoms with E-state index >= 15 is 0 Å². The lowest BCUT2D eigenvalue weighted by Gasteiger charge is -2.25. The Hall–Kier alpha value is -3.03. The van der Waals surface area contributed by atoms with Crippen molar-refractivity contribution in [2.24, 2.45) is 7.05 Å². The molecule has 8 nitrogen and oxygen atoms in total. The Morgan fingerprint density at radius 2 is 2.08 bits per heavy atom. The number of fused-ring (bicyclic) bond motifs is 1. The van der Waals surface area contributed by atoms with Crippen LogP contribution in [0.2, 0.25) is 0 Å². The molecule has 25 heavy (non-hydrogen) atoms. The SMILES string of the molecule is CCc1nc(NC(=O)C2COc3ccccc3O2)c(C(=O)OC)n1C. The summed E-state index contributed by atoms with van der Waals surface area (Å²) in [5.74, 6) is 0.877. The fraction of sp³-hybridized carbons (Fsp3) is 0.353. The second-order valence-electron chi connectivity index (χ2n) is 5.48. The molecule has 2 heterocycles. The van der Waals surface area contributed by atoms with Crippen molar-refractivity contribution in [3.05, 3.63) is 35.8 Å². The number of rotatable bonds is 4. The van der Waals surface area contributed by atoms with E-state index in [1.54, 1.807) is 29.8 Å². The van der Waals surface area contributed by atoms with Gasteiger partial charge in [-0.3, -0.25) is 4.79 Å². The van der Waals surface area contributed by atoms with Gasteiger partial charge in [-0.2, -0.15) is 0 Å². The Kier molecular flexibility index (Phi) is 4.60. The van der Waals surface area contributed by atoms with Crippen LogP contribution in [0.4, 0.5) is 5.82 Å². The molecule has 1 atom stereocenters. The second kappa shape index (κ2) is 6.84. The van der Waals surface area contributed by atoms with Crippen LogP contribution in [-0.2, 0) is 23.0 Å². The molecule has 1 aliphatic heterocycles. The lowest BCUT2D eigenvalue weighted by Crippen LogP contribution is -2.40. The van der Waals surface area contributed by atoms with Gasteiger partial charge in [0.25, 0.3) is 5.91 Å². The maximum Gasteiger partial charge on any atom is 0.358 e. The number of imidazole rings is 1. The number of amides is 1. The zero-order valence-electron chi connectivity index (χ0n) is 14.2. The molecule has 1 N–H and O–H groups in total. The molecular formula is C17H19N3O5. The highest BCUT2D eigenvalue weighted by molar-refractivity contribution is 6.00. The first-order valence-corrected chi connectivity index (χ1v) is 7.88. The fourth-order valence-electron chi connectivity index (χ4n) is 2.62. The van der Waals surface area contributed by atoms with Crippen LogP contribution in [0.25, 0.3) is 0 Å². The minimum Gasteiger partial charge on any atom is -0.485 e. The molecule has 1 unspecified atom stereocenters. The quantitative estimate of drug-likeness (QED) is 0.846. The predicted molar refractivity (Wildman–Crippen MR) is 88.9 cm³/mol. The van der Waals surface area contributed by atoms with E-state index in [-0.39, 0.29) is 18.1 Å². The number of carbonyl (C=O) groups excluding carboxylic acids is 2. The van der Waals surface area contributed by atoms with Gasteiger partial charge in [0.15, 0.2) is 23.0 Å². The molecule has 1 amide bonds. The van der Waals surface area contributed by atoms with Crippen molar-refractivity contribution in [3.8, 4) is 11.5 Å². The standard InChI is InChI=1S/C17H19N3O5/c1-4-13-18-15(14(20(13)2)17(22)23-3)19-16(21)12-9-24-10-7-5-6-8-11(10)25-12/h5-8,12H,4,9H2,1-3H3,(H,19,21). The summed E-state index contributed by atoms with van der Waals surface area (Å²) < 4.78 is 17.6. The summed E-state index contributed by atoms with van der Waals surface area (Å²) >= 11 is 0. The van der Waals surface area contributed by atoms with E-state index in [1.807, 2.05) is 13.0 Å². The highest BCUT2D eigenvalue weighted by Gasteiger charge is 2.30. The van der Waals surface area contributed by atoms with Gasteiger partial charge in [0, 0.05) is 13.5 Å². The molecule has 132 valence electrons. The Labute approximate surface area is 144 Å². The van der Waals surface area contributed by atoms with Gasteiger partial charge in [0.1, 0.15) is 12.4 Å². The molecule has 1 aliphatic rings. The van der Waals surface area contributed by atoms with Gasteiger partial charge in [-0.05, 0) is 12.1 Å². The van der Waals surface area contributed by atoms with Crippen molar-refractivity contribution >= 4 is 17.7 Å². The van der Waals surface area contributed by atoms with Crippen LogP contribution in [0.1, 0.15) is 23.2 Å². The molecule has 3 rings (SSSR count). The van der Waals surface area contributed by atoms with E-state index in [1.165, 1.54) is 7.11 Å². The number of anilines is 1. The van der Waals surface area contributed by atoms with Crippen molar-refractivity contribution in [2.75, 3.05) is 19.0 Å². The van der Waals surface area contributed by atoms with Gasteiger partial charge < -0.3 is 24.1 Å². The number of hydrogen-bond acceptors (Lipinski definition) is 6. The largest absolute Gasteiger partial charge is 0.485 e. The summed E-state index contributed by atoms with van der Waals surface area (Å²) in [6, 6.07) is 7.12. The molecule has 2 aromatic rings. The van der Waals surface area contributed by atoms with Gasteiger partial charge >= 0.3 is 5.97 Å². The number of nitrogens with zero attached hydrogens (tertiary/aromatic N) is 2. The zero-order chi connectivity index (χ0) is 18.0. The number of ether oxygens (including phenoxy) is 3. The van der Waals surface area contributed by atoms with E-state index < -0.39 is 18.0 Å². The number of carbonyl (C=O) groups is 2. The monoisotopic (exact) mass is 345 g/mol. The van der Waals surface area contributed by atoms with Crippen LogP contribution in [0, 0.1) is 0 Å². The van der Waals surface area contributed by atoms with E-state index in [2.05, 4.69) is 10.3 Å². The van der Waals surface area contributed by atoms with Gasteiger partial charge in [0.2, 0.25) is 6.10 Å². The number of nitrogens with one attached hydrogen (secondary N) is 1. The van der Waals surface area contributed by atoms with E-state index in [0.717, 1.165) is 0 Å². The molecule has 1 aromatic carbocycles. The molecule has 0 saturated carbocycles. The highest BCUT2D eigenvalue weighted by atomic mass is 16.6. The lowest BCUT2D eigenvalue weighted by molar-refractivity contribution is -0.125. The van der Waals surface area contributed by atoms with Crippen LogP contribution < -0.4 is 14.8 Å². The molecule has 0 saturated heterocycles. The van der Waals surface area contributed by atoms with Crippen LogP contribution in [0.5, 0.6) is 11.5 Å². The molecule has 0 spiro atoms. The van der Waals surface area contributed by atoms with Crippen molar-refractivity contribution in [1.82, 2.24) is 9.55 Å². The summed E-state index contributed by atoms with van der Waals surface area (Å²) in [4.78, 5) is 28.9. The molecule has 0 bridgehead atoms. The Morgan fingerprint density at radius 3 is 2.76 bits per heavy atom. The fourth-order valence-corrected chi connectivity index (χ4v) is 2.62. The van der Waals surface area contributed by atoms with Crippen LogP contribution in [0.3, 0.4) is 0 Å². The predicted octanol–water partition coefficient (Wildman–Crippen LogP) is 1.55. The topological polar surface area (TPSA) is 91.7 Å². The number of methoxy groups -OCH3 is 1. The molecule has 1 aromatic heterocycles. The molecule has 8 heteroatoms. The minimum atomic E-state index is -0.840. The van der Waals surface area contributed by atoms with Crippen LogP contribution in [0.15, 0.2) is 24.3 Å². The molecular weight excluding hydrogens is 326 g/mol. The third kappa shape index (κ3) is 3.15. The smallest absolute Gasteiger partial charge is 0.358 e. The van der Waals surface area contributed by atoms with Gasteiger partial charge in [-0.25, -0.2) is 9.78 Å². The Bertz CT molecular complexity index is 815. The number of para-hydroxylation sites is 2. The van der Waals surface area contributed by atoms with E-state index in [9.17, 15) is 9.59 Å². The maximum absolute atomic E-state index is 12.5. The highest BCUT2D eigenvalue weighted by Crippen LogP contribution is 2.31. The normalized spacial score (nSPS) is 15.6. The second-order valence-corrected chi connectivity index (χ2v) is 5.48. The lowest BCUT2D eigenvalue weighted by atomic mass is 10.2. The first-order valence-electron chi connectivity index (χ1n) is 7.88.